The molecule has 0 radical (unpaired) electrons. The number of amides is 1. The number of carboxylic acids is 1. The minimum absolute atomic E-state index is 0.168. The molecule has 0 saturated heterocycles. The zero-order chi connectivity index (χ0) is 21.4. The number of benzene rings is 1. The highest BCUT2D eigenvalue weighted by Gasteiger charge is 2.30. The third-order valence-electron chi connectivity index (χ3n) is 5.86. The van der Waals surface area contributed by atoms with Gasteiger partial charge in [0.15, 0.2) is 0 Å². The van der Waals surface area contributed by atoms with E-state index >= 15 is 0 Å². The van der Waals surface area contributed by atoms with E-state index in [1.165, 1.54) is 5.56 Å². The smallest absolute Gasteiger partial charge is 0.326 e. The Kier molecular flexibility index (Phi) is 9.15. The van der Waals surface area contributed by atoms with E-state index in [1.807, 2.05) is 19.9 Å². The molecule has 2 rings (SSSR count). The lowest BCUT2D eigenvalue weighted by molar-refractivity contribution is -0.142. The van der Waals surface area contributed by atoms with Gasteiger partial charge in [0, 0.05) is 6.04 Å². The Labute approximate surface area is 175 Å². The fraction of sp³-hybridized carbons (Fsp3) is 0.667. The van der Waals surface area contributed by atoms with E-state index in [9.17, 15) is 14.7 Å². The Bertz CT molecular complexity index is 627. The number of carboxylic acid groups (broad SMARTS) is 1. The van der Waals surface area contributed by atoms with Gasteiger partial charge < -0.3 is 15.7 Å². The minimum Gasteiger partial charge on any atom is -0.480 e. The number of hydrogen-bond acceptors (Lipinski definition) is 3. The Morgan fingerprint density at radius 3 is 2.14 bits per heavy atom. The lowest BCUT2D eigenvalue weighted by atomic mass is 9.76. The molecule has 0 heterocycles. The monoisotopic (exact) mass is 402 g/mol. The average molecular weight is 403 g/mol. The molecule has 1 saturated carbocycles. The average Bonchev–Trinajstić information content (AvgIpc) is 2.67. The molecule has 0 aromatic heterocycles. The van der Waals surface area contributed by atoms with Crippen LogP contribution in [0.4, 0.5) is 0 Å². The van der Waals surface area contributed by atoms with E-state index in [0.29, 0.717) is 30.6 Å². The predicted molar refractivity (Wildman–Crippen MR) is 117 cm³/mol. The summed E-state index contributed by atoms with van der Waals surface area (Å²) >= 11 is 0. The first kappa shape index (κ1) is 23.4. The SMILES string of the molecule is CC(C)C[C@H](NC(C)C)C(=O)N[C@@H](CC1CCC(c2ccccc2)CC1)C(=O)O. The van der Waals surface area contributed by atoms with Gasteiger partial charge in [-0.25, -0.2) is 4.79 Å². The lowest BCUT2D eigenvalue weighted by Gasteiger charge is -2.31. The maximum absolute atomic E-state index is 12.8. The molecule has 162 valence electrons. The molecule has 5 nitrogen and oxygen atoms in total. The van der Waals surface area contributed by atoms with Crippen molar-refractivity contribution in [3.63, 3.8) is 0 Å². The van der Waals surface area contributed by atoms with Crippen LogP contribution in [0.1, 0.15) is 77.7 Å². The van der Waals surface area contributed by atoms with Gasteiger partial charge in [-0.2, -0.15) is 0 Å². The Hall–Kier alpha value is -1.88. The first-order valence-corrected chi connectivity index (χ1v) is 11.1. The summed E-state index contributed by atoms with van der Waals surface area (Å²) < 4.78 is 0. The van der Waals surface area contributed by atoms with Gasteiger partial charge in [-0.3, -0.25) is 4.79 Å². The summed E-state index contributed by atoms with van der Waals surface area (Å²) in [5.41, 5.74) is 1.38. The molecule has 0 bridgehead atoms. The van der Waals surface area contributed by atoms with Crippen LogP contribution in [0, 0.1) is 11.8 Å². The fourth-order valence-corrected chi connectivity index (χ4v) is 4.41. The Morgan fingerprint density at radius 2 is 1.62 bits per heavy atom. The van der Waals surface area contributed by atoms with E-state index < -0.39 is 12.0 Å². The molecule has 5 heteroatoms. The summed E-state index contributed by atoms with van der Waals surface area (Å²) in [6.07, 6.45) is 5.40. The highest BCUT2D eigenvalue weighted by Crippen LogP contribution is 2.37. The van der Waals surface area contributed by atoms with Gasteiger partial charge in [0.1, 0.15) is 6.04 Å². The van der Waals surface area contributed by atoms with Crippen molar-refractivity contribution < 1.29 is 14.7 Å². The molecule has 1 aromatic rings. The largest absolute Gasteiger partial charge is 0.480 e. The molecule has 2 atom stereocenters. The first-order chi connectivity index (χ1) is 13.8. The standard InChI is InChI=1S/C24H38N2O3/c1-16(2)14-21(25-17(3)4)23(27)26-22(24(28)29)15-18-10-12-20(13-11-18)19-8-6-5-7-9-19/h5-9,16-18,20-22,25H,10-15H2,1-4H3,(H,26,27)(H,28,29)/t18?,20?,21-,22-/m0/s1. The second kappa shape index (κ2) is 11.3. The van der Waals surface area contributed by atoms with Gasteiger partial charge in [0.25, 0.3) is 0 Å². The van der Waals surface area contributed by atoms with Crippen LogP contribution in [0.3, 0.4) is 0 Å². The van der Waals surface area contributed by atoms with Crippen LogP contribution in [0.5, 0.6) is 0 Å². The molecule has 0 unspecified atom stereocenters. The quantitative estimate of drug-likeness (QED) is 0.544. The highest BCUT2D eigenvalue weighted by atomic mass is 16.4. The van der Waals surface area contributed by atoms with Crippen LogP contribution in [0.15, 0.2) is 30.3 Å². The van der Waals surface area contributed by atoms with Crippen molar-refractivity contribution in [2.75, 3.05) is 0 Å². The number of carbonyl (C=O) groups excluding carboxylic acids is 1. The molecule has 3 N–H and O–H groups in total. The number of carbonyl (C=O) groups is 2. The second-order valence-corrected chi connectivity index (χ2v) is 9.27. The summed E-state index contributed by atoms with van der Waals surface area (Å²) in [7, 11) is 0. The van der Waals surface area contributed by atoms with Crippen LogP contribution < -0.4 is 10.6 Å². The molecule has 1 amide bonds. The molecular formula is C24H38N2O3. The van der Waals surface area contributed by atoms with Crippen molar-refractivity contribution in [2.24, 2.45) is 11.8 Å². The Balaban J connectivity index is 1.91. The van der Waals surface area contributed by atoms with E-state index in [-0.39, 0.29) is 18.0 Å². The molecule has 29 heavy (non-hydrogen) atoms. The number of hydrogen-bond donors (Lipinski definition) is 3. The summed E-state index contributed by atoms with van der Waals surface area (Å²) in [5, 5.41) is 15.8. The van der Waals surface area contributed by atoms with Crippen LogP contribution >= 0.6 is 0 Å². The van der Waals surface area contributed by atoms with Crippen LogP contribution in [-0.4, -0.2) is 35.1 Å². The van der Waals surface area contributed by atoms with Gasteiger partial charge >= 0.3 is 5.97 Å². The van der Waals surface area contributed by atoms with Crippen LogP contribution in [-0.2, 0) is 9.59 Å². The van der Waals surface area contributed by atoms with Crippen LogP contribution in [0.25, 0.3) is 0 Å². The van der Waals surface area contributed by atoms with E-state index in [1.54, 1.807) is 0 Å². The summed E-state index contributed by atoms with van der Waals surface area (Å²) in [5.74, 6) is 0.136. The van der Waals surface area contributed by atoms with Crippen molar-refractivity contribution in [3.05, 3.63) is 35.9 Å². The molecule has 0 spiro atoms. The van der Waals surface area contributed by atoms with Gasteiger partial charge in [0.2, 0.25) is 5.91 Å². The number of nitrogens with one attached hydrogen (secondary N) is 2. The van der Waals surface area contributed by atoms with Crippen LogP contribution in [0.2, 0.25) is 0 Å². The molecule has 1 aliphatic rings. The minimum atomic E-state index is -0.934. The summed E-state index contributed by atoms with van der Waals surface area (Å²) in [4.78, 5) is 24.6. The molecule has 1 aromatic carbocycles. The Morgan fingerprint density at radius 1 is 1.00 bits per heavy atom. The highest BCUT2D eigenvalue weighted by molar-refractivity contribution is 5.87. The molecule has 0 aliphatic heterocycles. The fourth-order valence-electron chi connectivity index (χ4n) is 4.41. The van der Waals surface area contributed by atoms with Crippen molar-refractivity contribution in [1.29, 1.82) is 0 Å². The normalized spacial score (nSPS) is 21.7. The lowest BCUT2D eigenvalue weighted by Crippen LogP contribution is -2.52. The van der Waals surface area contributed by atoms with Gasteiger partial charge in [-0.05, 0) is 61.8 Å². The summed E-state index contributed by atoms with van der Waals surface area (Å²) in [6, 6.07) is 9.56. The van der Waals surface area contributed by atoms with E-state index in [2.05, 4.69) is 48.7 Å². The van der Waals surface area contributed by atoms with Gasteiger partial charge in [0.05, 0.1) is 6.04 Å². The number of rotatable bonds is 10. The summed E-state index contributed by atoms with van der Waals surface area (Å²) in [6.45, 7) is 8.14. The number of aliphatic carboxylic acids is 1. The topological polar surface area (TPSA) is 78.4 Å². The molecule has 1 fully saturated rings. The van der Waals surface area contributed by atoms with E-state index in [0.717, 1.165) is 25.7 Å². The first-order valence-electron chi connectivity index (χ1n) is 11.1. The zero-order valence-corrected chi connectivity index (χ0v) is 18.4. The maximum Gasteiger partial charge on any atom is 0.326 e. The predicted octanol–water partition coefficient (Wildman–Crippen LogP) is 4.33. The second-order valence-electron chi connectivity index (χ2n) is 9.27. The van der Waals surface area contributed by atoms with Crippen molar-refractivity contribution in [1.82, 2.24) is 10.6 Å². The van der Waals surface area contributed by atoms with E-state index in [4.69, 9.17) is 0 Å². The maximum atomic E-state index is 12.8. The van der Waals surface area contributed by atoms with Crippen molar-refractivity contribution >= 4 is 11.9 Å². The third kappa shape index (κ3) is 7.81. The van der Waals surface area contributed by atoms with Gasteiger partial charge in [-0.1, -0.05) is 58.0 Å². The van der Waals surface area contributed by atoms with Crippen molar-refractivity contribution in [2.45, 2.75) is 90.3 Å². The molecular weight excluding hydrogens is 364 g/mol. The van der Waals surface area contributed by atoms with Gasteiger partial charge in [-0.15, -0.1) is 0 Å². The third-order valence-corrected chi connectivity index (χ3v) is 5.86. The van der Waals surface area contributed by atoms with Crippen molar-refractivity contribution in [3.8, 4) is 0 Å². The molecule has 1 aliphatic carbocycles. The zero-order valence-electron chi connectivity index (χ0n) is 18.4.